The van der Waals surface area contributed by atoms with Crippen molar-refractivity contribution < 1.29 is 9.84 Å². The average molecular weight is 394 g/mol. The molecule has 0 bridgehead atoms. The topological polar surface area (TPSA) is 32.7 Å². The maximum Gasteiger partial charge on any atom is 0.118 e. The number of nitrogens with zero attached hydrogens (tertiary/aromatic N) is 1. The Kier molecular flexibility index (Phi) is 6.56. The molecule has 3 nitrogen and oxygen atoms in total. The predicted octanol–water partition coefficient (Wildman–Crippen LogP) is 5.34. The minimum atomic E-state index is -0.864. The summed E-state index contributed by atoms with van der Waals surface area (Å²) in [6.45, 7) is 3.21. The zero-order chi connectivity index (χ0) is 20.1. The number of rotatable bonds is 7. The van der Waals surface area contributed by atoms with Gasteiger partial charge in [-0.05, 0) is 68.0 Å². The van der Waals surface area contributed by atoms with Gasteiger partial charge in [0, 0.05) is 12.5 Å². The van der Waals surface area contributed by atoms with Crippen LogP contribution in [0.3, 0.4) is 0 Å². The lowest BCUT2D eigenvalue weighted by molar-refractivity contribution is -0.0690. The first-order valence-corrected chi connectivity index (χ1v) is 11.4. The van der Waals surface area contributed by atoms with Crippen molar-refractivity contribution in [2.24, 2.45) is 5.92 Å². The number of benzene rings is 2. The summed E-state index contributed by atoms with van der Waals surface area (Å²) in [6, 6.07) is 18.9. The summed E-state index contributed by atoms with van der Waals surface area (Å²) < 4.78 is 5.39. The molecule has 2 atom stereocenters. The SMILES string of the molecule is COc1ccc([C@@](O)(C2CCCCC2)[C@@H](CN2CCCC2)c2ccccc2)cc1. The second-order valence-corrected chi connectivity index (χ2v) is 8.86. The van der Waals surface area contributed by atoms with Crippen LogP contribution < -0.4 is 4.74 Å². The van der Waals surface area contributed by atoms with Crippen LogP contribution in [0.2, 0.25) is 0 Å². The highest BCUT2D eigenvalue weighted by atomic mass is 16.5. The van der Waals surface area contributed by atoms with Crippen LogP contribution in [0.4, 0.5) is 0 Å². The first-order chi connectivity index (χ1) is 14.2. The molecule has 2 aromatic carbocycles. The Labute approximate surface area is 175 Å². The van der Waals surface area contributed by atoms with Gasteiger partial charge in [0.1, 0.15) is 11.4 Å². The second-order valence-electron chi connectivity index (χ2n) is 8.86. The lowest BCUT2D eigenvalue weighted by atomic mass is 9.65. The molecule has 0 aromatic heterocycles. The van der Waals surface area contributed by atoms with Gasteiger partial charge in [-0.2, -0.15) is 0 Å². The largest absolute Gasteiger partial charge is 0.497 e. The second kappa shape index (κ2) is 9.32. The summed E-state index contributed by atoms with van der Waals surface area (Å²) in [5.74, 6) is 1.20. The zero-order valence-corrected chi connectivity index (χ0v) is 17.7. The van der Waals surface area contributed by atoms with E-state index in [0.29, 0.717) is 0 Å². The van der Waals surface area contributed by atoms with E-state index in [1.54, 1.807) is 7.11 Å². The monoisotopic (exact) mass is 393 g/mol. The number of hydrogen-bond acceptors (Lipinski definition) is 3. The summed E-state index contributed by atoms with van der Waals surface area (Å²) in [5, 5.41) is 12.6. The molecule has 156 valence electrons. The molecule has 1 N–H and O–H groups in total. The van der Waals surface area contributed by atoms with Gasteiger partial charge in [-0.15, -0.1) is 0 Å². The minimum Gasteiger partial charge on any atom is -0.497 e. The molecule has 0 amide bonds. The summed E-state index contributed by atoms with van der Waals surface area (Å²) in [4.78, 5) is 2.55. The van der Waals surface area contributed by atoms with Crippen LogP contribution in [0.25, 0.3) is 0 Å². The number of likely N-dealkylation sites (tertiary alicyclic amines) is 1. The Bertz CT molecular complexity index is 748. The van der Waals surface area contributed by atoms with Crippen molar-refractivity contribution in [2.75, 3.05) is 26.7 Å². The minimum absolute atomic E-state index is 0.0679. The molecule has 1 aliphatic heterocycles. The molecule has 0 unspecified atom stereocenters. The highest BCUT2D eigenvalue weighted by molar-refractivity contribution is 5.36. The molecule has 1 saturated carbocycles. The average Bonchev–Trinajstić information content (AvgIpc) is 3.32. The predicted molar refractivity (Wildman–Crippen MR) is 118 cm³/mol. The van der Waals surface area contributed by atoms with Gasteiger partial charge in [-0.1, -0.05) is 61.7 Å². The van der Waals surface area contributed by atoms with Crippen molar-refractivity contribution in [3.8, 4) is 5.75 Å². The number of hydrogen-bond donors (Lipinski definition) is 1. The van der Waals surface area contributed by atoms with Crippen LogP contribution in [0.5, 0.6) is 5.75 Å². The lowest BCUT2D eigenvalue weighted by Crippen LogP contribution is -2.46. The van der Waals surface area contributed by atoms with Crippen molar-refractivity contribution in [2.45, 2.75) is 56.5 Å². The van der Waals surface area contributed by atoms with Crippen molar-refractivity contribution in [1.82, 2.24) is 4.90 Å². The third-order valence-electron chi connectivity index (χ3n) is 7.15. The van der Waals surface area contributed by atoms with Gasteiger partial charge in [0.25, 0.3) is 0 Å². The van der Waals surface area contributed by atoms with Crippen molar-refractivity contribution in [1.29, 1.82) is 0 Å². The molecular weight excluding hydrogens is 358 g/mol. The molecule has 1 aliphatic carbocycles. The molecule has 29 heavy (non-hydrogen) atoms. The molecule has 1 saturated heterocycles. The quantitative estimate of drug-likeness (QED) is 0.689. The number of ether oxygens (including phenoxy) is 1. The standard InChI is InChI=1S/C26H35NO2/c1-29-24-16-14-23(15-17-24)26(28,22-12-6-3-7-13-22)25(20-27-18-8-9-19-27)21-10-4-2-5-11-21/h2,4-5,10-11,14-17,22,25,28H,3,6-9,12-13,18-20H2,1H3/t25-,26-/m0/s1. The number of methoxy groups -OCH3 is 1. The molecule has 2 fully saturated rings. The first-order valence-electron chi connectivity index (χ1n) is 11.4. The summed E-state index contributed by atoms with van der Waals surface area (Å²) in [5.41, 5.74) is 1.43. The van der Waals surface area contributed by atoms with Crippen molar-refractivity contribution >= 4 is 0 Å². The van der Waals surface area contributed by atoms with Crippen molar-refractivity contribution in [3.05, 3.63) is 65.7 Å². The third kappa shape index (κ3) is 4.36. The van der Waals surface area contributed by atoms with Gasteiger partial charge in [0.2, 0.25) is 0 Å². The van der Waals surface area contributed by atoms with Gasteiger partial charge in [0.15, 0.2) is 0 Å². The molecule has 2 aromatic rings. The molecule has 1 heterocycles. The van der Waals surface area contributed by atoms with E-state index in [9.17, 15) is 5.11 Å². The van der Waals surface area contributed by atoms with Crippen molar-refractivity contribution in [3.63, 3.8) is 0 Å². The van der Waals surface area contributed by atoms with Crippen LogP contribution in [0.1, 0.15) is 62.0 Å². The Morgan fingerprint density at radius 1 is 0.931 bits per heavy atom. The van der Waals surface area contributed by atoms with Gasteiger partial charge in [0.05, 0.1) is 7.11 Å². The van der Waals surface area contributed by atoms with Gasteiger partial charge in [-0.3, -0.25) is 0 Å². The van der Waals surface area contributed by atoms with E-state index in [-0.39, 0.29) is 11.8 Å². The smallest absolute Gasteiger partial charge is 0.118 e. The molecule has 4 rings (SSSR count). The third-order valence-corrected chi connectivity index (χ3v) is 7.15. The fourth-order valence-corrected chi connectivity index (χ4v) is 5.53. The normalized spacial score (nSPS) is 21.6. The summed E-state index contributed by atoms with van der Waals surface area (Å²) >= 11 is 0. The van der Waals surface area contributed by atoms with E-state index in [1.807, 2.05) is 12.1 Å². The Morgan fingerprint density at radius 2 is 1.59 bits per heavy atom. The molecule has 0 spiro atoms. The van der Waals surface area contributed by atoms with E-state index < -0.39 is 5.60 Å². The van der Waals surface area contributed by atoms with E-state index in [4.69, 9.17) is 4.74 Å². The highest BCUT2D eigenvalue weighted by Gasteiger charge is 2.46. The molecule has 3 heteroatoms. The summed E-state index contributed by atoms with van der Waals surface area (Å²) in [6.07, 6.45) is 8.47. The molecular formula is C26H35NO2. The lowest BCUT2D eigenvalue weighted by Gasteiger charge is -2.46. The van der Waals surface area contributed by atoms with Crippen LogP contribution >= 0.6 is 0 Å². The van der Waals surface area contributed by atoms with Crippen LogP contribution in [0, 0.1) is 5.92 Å². The van der Waals surface area contributed by atoms with E-state index in [0.717, 1.165) is 43.8 Å². The zero-order valence-electron chi connectivity index (χ0n) is 17.7. The Hall–Kier alpha value is -1.84. The van der Waals surface area contributed by atoms with Gasteiger partial charge < -0.3 is 14.7 Å². The van der Waals surface area contributed by atoms with E-state index in [1.165, 1.54) is 37.7 Å². The Morgan fingerprint density at radius 3 is 2.21 bits per heavy atom. The first kappa shape index (κ1) is 20.4. The molecule has 2 aliphatic rings. The maximum absolute atomic E-state index is 12.6. The van der Waals surface area contributed by atoms with Crippen LogP contribution in [0.15, 0.2) is 54.6 Å². The fraction of sp³-hybridized carbons (Fsp3) is 0.538. The van der Waals surface area contributed by atoms with Crippen LogP contribution in [-0.2, 0) is 5.60 Å². The maximum atomic E-state index is 12.6. The fourth-order valence-electron chi connectivity index (χ4n) is 5.53. The number of aliphatic hydroxyl groups is 1. The Balaban J connectivity index is 1.77. The molecule has 0 radical (unpaired) electrons. The summed E-state index contributed by atoms with van der Waals surface area (Å²) in [7, 11) is 1.70. The van der Waals surface area contributed by atoms with Gasteiger partial charge in [-0.25, -0.2) is 0 Å². The van der Waals surface area contributed by atoms with Gasteiger partial charge >= 0.3 is 0 Å². The van der Waals surface area contributed by atoms with E-state index in [2.05, 4.69) is 47.4 Å². The van der Waals surface area contributed by atoms with Crippen LogP contribution in [-0.4, -0.2) is 36.8 Å². The highest BCUT2D eigenvalue weighted by Crippen LogP contribution is 2.49. The van der Waals surface area contributed by atoms with E-state index >= 15 is 0 Å².